The van der Waals surface area contributed by atoms with Crippen molar-refractivity contribution in [1.82, 2.24) is 14.8 Å². The first-order valence-electron chi connectivity index (χ1n) is 11.5. The zero-order valence-electron chi connectivity index (χ0n) is 21.1. The van der Waals surface area contributed by atoms with Crippen molar-refractivity contribution in [2.24, 2.45) is 0 Å². The summed E-state index contributed by atoms with van der Waals surface area (Å²) in [6.45, 7) is 10.7. The molecule has 3 aromatic rings. The summed E-state index contributed by atoms with van der Waals surface area (Å²) in [5.74, 6) is 0.0189. The largest absolute Gasteiger partial charge is 0.496 e. The number of amides is 3. The van der Waals surface area contributed by atoms with E-state index in [4.69, 9.17) is 4.74 Å². The monoisotopic (exact) mass is 556 g/mol. The van der Waals surface area contributed by atoms with Crippen LogP contribution < -0.4 is 10.1 Å². The van der Waals surface area contributed by atoms with E-state index in [2.05, 4.69) is 16.9 Å². The van der Waals surface area contributed by atoms with Crippen LogP contribution in [0.15, 0.2) is 56.9 Å². The van der Waals surface area contributed by atoms with Crippen LogP contribution in [-0.2, 0) is 4.79 Å². The van der Waals surface area contributed by atoms with Gasteiger partial charge in [-0.05, 0) is 56.0 Å². The Labute approximate surface area is 228 Å². The number of thiophene rings is 1. The van der Waals surface area contributed by atoms with Crippen molar-refractivity contribution in [3.63, 3.8) is 0 Å². The fourth-order valence-corrected chi connectivity index (χ4v) is 6.73. The maximum atomic E-state index is 13.6. The van der Waals surface area contributed by atoms with Crippen molar-refractivity contribution >= 4 is 57.3 Å². The fourth-order valence-electron chi connectivity index (χ4n) is 4.16. The van der Waals surface area contributed by atoms with Crippen molar-refractivity contribution < 1.29 is 19.1 Å². The molecule has 3 heterocycles. The van der Waals surface area contributed by atoms with Gasteiger partial charge in [0.15, 0.2) is 5.13 Å². The molecule has 0 radical (unpaired) electrons. The van der Waals surface area contributed by atoms with Gasteiger partial charge in [0.1, 0.15) is 5.75 Å². The summed E-state index contributed by atoms with van der Waals surface area (Å²) >= 11 is 4.31. The molecule has 3 amide bonds. The van der Waals surface area contributed by atoms with Gasteiger partial charge in [0.2, 0.25) is 5.91 Å². The highest BCUT2D eigenvalue weighted by molar-refractivity contribution is 8.01. The first-order valence-corrected chi connectivity index (χ1v) is 14.1. The summed E-state index contributed by atoms with van der Waals surface area (Å²) in [7, 11) is 1.55. The van der Waals surface area contributed by atoms with Crippen LogP contribution in [0.3, 0.4) is 0 Å². The standard InChI is InChI=1S/C26H28N4O4S3/c1-6-21(31)30-9-8-29(15-26(30,3)4)24(33)18-12-20(16(2)11-19(18)34-5)36-22-13-27-25(37-22)28-23(32)17-7-10-35-14-17/h6-7,10-14H,1,8-9,15H2,2-5H3,(H,27,28,32). The second kappa shape index (κ2) is 11.1. The first-order chi connectivity index (χ1) is 17.6. The minimum atomic E-state index is -0.527. The molecule has 194 valence electrons. The number of aryl methyl sites for hydroxylation is 1. The van der Waals surface area contributed by atoms with Crippen molar-refractivity contribution in [1.29, 1.82) is 0 Å². The Morgan fingerprint density at radius 1 is 1.27 bits per heavy atom. The smallest absolute Gasteiger partial charge is 0.258 e. The number of anilines is 1. The molecular weight excluding hydrogens is 529 g/mol. The van der Waals surface area contributed by atoms with E-state index in [-0.39, 0.29) is 17.7 Å². The average Bonchev–Trinajstić information content (AvgIpc) is 3.56. The van der Waals surface area contributed by atoms with Crippen LogP contribution in [0, 0.1) is 6.92 Å². The number of aromatic nitrogens is 1. The molecule has 2 aromatic heterocycles. The van der Waals surface area contributed by atoms with Crippen molar-refractivity contribution in [3.8, 4) is 5.75 Å². The number of thiazole rings is 1. The molecule has 8 nitrogen and oxygen atoms in total. The Kier molecular flexibility index (Phi) is 8.05. The normalized spacial score (nSPS) is 14.8. The van der Waals surface area contributed by atoms with Gasteiger partial charge in [-0.1, -0.05) is 29.7 Å². The number of nitrogens with one attached hydrogen (secondary N) is 1. The molecule has 0 spiro atoms. The predicted octanol–water partition coefficient (Wildman–Crippen LogP) is 5.17. The number of nitrogens with zero attached hydrogens (tertiary/aromatic N) is 3. The van der Waals surface area contributed by atoms with E-state index in [1.807, 2.05) is 38.3 Å². The zero-order chi connectivity index (χ0) is 26.7. The van der Waals surface area contributed by atoms with Crippen LogP contribution in [0.2, 0.25) is 0 Å². The zero-order valence-corrected chi connectivity index (χ0v) is 23.5. The van der Waals surface area contributed by atoms with Gasteiger partial charge in [0, 0.05) is 29.9 Å². The van der Waals surface area contributed by atoms with Crippen LogP contribution in [0.4, 0.5) is 5.13 Å². The number of hydrogen-bond donors (Lipinski definition) is 1. The lowest BCUT2D eigenvalue weighted by Gasteiger charge is -2.46. The van der Waals surface area contributed by atoms with Crippen LogP contribution >= 0.6 is 34.4 Å². The SMILES string of the molecule is C=CC(=O)N1CCN(C(=O)c2cc(Sc3cnc(NC(=O)c4ccsc4)s3)c(C)cc2OC)CC1(C)C. The summed E-state index contributed by atoms with van der Waals surface area (Å²) in [4.78, 5) is 46.9. The van der Waals surface area contributed by atoms with E-state index in [1.165, 1.54) is 40.5 Å². The van der Waals surface area contributed by atoms with Gasteiger partial charge in [-0.2, -0.15) is 11.3 Å². The molecule has 0 atom stereocenters. The second-order valence-electron chi connectivity index (χ2n) is 9.10. The van der Waals surface area contributed by atoms with Gasteiger partial charge in [-0.25, -0.2) is 4.98 Å². The Bertz CT molecular complexity index is 1330. The maximum Gasteiger partial charge on any atom is 0.258 e. The number of benzene rings is 1. The van der Waals surface area contributed by atoms with E-state index >= 15 is 0 Å². The van der Waals surface area contributed by atoms with E-state index < -0.39 is 5.54 Å². The lowest BCUT2D eigenvalue weighted by Crippen LogP contribution is -2.61. The third-order valence-corrected chi connectivity index (χ3v) is 8.91. The van der Waals surface area contributed by atoms with Gasteiger partial charge in [0.25, 0.3) is 11.8 Å². The maximum absolute atomic E-state index is 13.6. The highest BCUT2D eigenvalue weighted by atomic mass is 32.2. The highest BCUT2D eigenvalue weighted by Gasteiger charge is 2.38. The van der Waals surface area contributed by atoms with Crippen molar-refractivity contribution in [2.45, 2.75) is 35.4 Å². The van der Waals surface area contributed by atoms with Gasteiger partial charge >= 0.3 is 0 Å². The number of hydrogen-bond acceptors (Lipinski definition) is 8. The molecule has 1 aromatic carbocycles. The molecule has 37 heavy (non-hydrogen) atoms. The van der Waals surface area contributed by atoms with Crippen molar-refractivity contribution in [3.05, 3.63) is 64.5 Å². The minimum absolute atomic E-state index is 0.140. The Balaban J connectivity index is 1.53. The number of carbonyl (C=O) groups excluding carboxylic acids is 3. The molecular formula is C26H28N4O4S3. The third-order valence-electron chi connectivity index (χ3n) is 6.06. The molecule has 0 bridgehead atoms. The lowest BCUT2D eigenvalue weighted by atomic mass is 9.97. The number of methoxy groups -OCH3 is 1. The van der Waals surface area contributed by atoms with E-state index in [9.17, 15) is 14.4 Å². The summed E-state index contributed by atoms with van der Waals surface area (Å²) < 4.78 is 6.44. The number of carbonyl (C=O) groups is 3. The van der Waals surface area contributed by atoms with Crippen LogP contribution in [-0.4, -0.2) is 64.8 Å². The van der Waals surface area contributed by atoms with E-state index in [1.54, 1.807) is 34.6 Å². The molecule has 11 heteroatoms. The summed E-state index contributed by atoms with van der Waals surface area (Å²) in [5, 5.41) is 6.98. The average molecular weight is 557 g/mol. The third kappa shape index (κ3) is 5.89. The fraction of sp³-hybridized carbons (Fsp3) is 0.308. The Morgan fingerprint density at radius 3 is 2.70 bits per heavy atom. The molecule has 0 aliphatic carbocycles. The van der Waals surface area contributed by atoms with Gasteiger partial charge < -0.3 is 14.5 Å². The van der Waals surface area contributed by atoms with E-state index in [0.717, 1.165) is 14.7 Å². The predicted molar refractivity (Wildman–Crippen MR) is 148 cm³/mol. The molecule has 1 aliphatic heterocycles. The van der Waals surface area contributed by atoms with Gasteiger partial charge in [0.05, 0.1) is 34.2 Å². The molecule has 0 saturated carbocycles. The van der Waals surface area contributed by atoms with Crippen LogP contribution in [0.1, 0.15) is 40.1 Å². The second-order valence-corrected chi connectivity index (χ2v) is 12.3. The molecule has 1 fully saturated rings. The van der Waals surface area contributed by atoms with Gasteiger partial charge in [-0.15, -0.1) is 0 Å². The number of ether oxygens (including phenoxy) is 1. The molecule has 1 aliphatic rings. The number of piperazine rings is 1. The first kappa shape index (κ1) is 26.9. The summed E-state index contributed by atoms with van der Waals surface area (Å²) in [6, 6.07) is 5.47. The molecule has 4 rings (SSSR count). The van der Waals surface area contributed by atoms with Gasteiger partial charge in [-0.3, -0.25) is 19.7 Å². The highest BCUT2D eigenvalue weighted by Crippen LogP contribution is 2.39. The quantitative estimate of drug-likeness (QED) is 0.404. The molecule has 1 N–H and O–H groups in total. The minimum Gasteiger partial charge on any atom is -0.496 e. The number of rotatable bonds is 7. The summed E-state index contributed by atoms with van der Waals surface area (Å²) in [6.07, 6.45) is 3.02. The topological polar surface area (TPSA) is 91.8 Å². The lowest BCUT2D eigenvalue weighted by molar-refractivity contribution is -0.134. The molecule has 1 saturated heterocycles. The Morgan fingerprint density at radius 2 is 2.05 bits per heavy atom. The molecule has 0 unspecified atom stereocenters. The van der Waals surface area contributed by atoms with Crippen LogP contribution in [0.5, 0.6) is 5.75 Å². The van der Waals surface area contributed by atoms with Crippen molar-refractivity contribution in [2.75, 3.05) is 32.1 Å². The summed E-state index contributed by atoms with van der Waals surface area (Å²) in [5.41, 5.74) is 1.49. The van der Waals surface area contributed by atoms with Crippen LogP contribution in [0.25, 0.3) is 0 Å². The van der Waals surface area contributed by atoms with E-state index in [0.29, 0.717) is 41.6 Å². The Hall–Kier alpha value is -3.15.